The van der Waals surface area contributed by atoms with E-state index in [4.69, 9.17) is 4.74 Å². The van der Waals surface area contributed by atoms with Crippen LogP contribution in [-0.4, -0.2) is 64.3 Å². The lowest BCUT2D eigenvalue weighted by atomic mass is 9.71. The highest BCUT2D eigenvalue weighted by atomic mass is 32.2. The fourth-order valence-corrected chi connectivity index (χ4v) is 7.77. The van der Waals surface area contributed by atoms with Crippen molar-refractivity contribution in [1.29, 1.82) is 0 Å². The van der Waals surface area contributed by atoms with Gasteiger partial charge < -0.3 is 15.2 Å². The second-order valence-electron chi connectivity index (χ2n) is 15.1. The Kier molecular flexibility index (Phi) is 11.6. The number of aliphatic hydroxyl groups is 1. The molecule has 7 heteroatoms. The molecule has 6 nitrogen and oxygen atoms in total. The number of hydrogen-bond donors (Lipinski definition) is 2. The molecule has 2 aromatic rings. The average Bonchev–Trinajstić information content (AvgIpc) is 2.94. The zero-order chi connectivity index (χ0) is 32.1. The number of fused-ring (bicyclic) bond motifs is 1. The number of hydrogen-bond acceptors (Lipinski definition) is 6. The van der Waals surface area contributed by atoms with Crippen molar-refractivity contribution in [2.24, 2.45) is 17.3 Å². The number of Topliss-reactive ketones (excluding diaryl/α,β-unsaturated/α-hetero) is 1. The van der Waals surface area contributed by atoms with Crippen LogP contribution in [0.25, 0.3) is 0 Å². The number of thioether (sulfide) groups is 1. The summed E-state index contributed by atoms with van der Waals surface area (Å²) in [6, 6.07) is 14.9. The molecule has 1 saturated carbocycles. The summed E-state index contributed by atoms with van der Waals surface area (Å²) in [6.07, 6.45) is 5.44. The molecule has 1 aliphatic carbocycles. The number of rotatable bonds is 11. The van der Waals surface area contributed by atoms with Crippen LogP contribution in [-0.2, 0) is 4.79 Å². The van der Waals surface area contributed by atoms with Gasteiger partial charge in [-0.3, -0.25) is 14.5 Å². The first-order chi connectivity index (χ1) is 20.7. The van der Waals surface area contributed by atoms with E-state index in [1.54, 1.807) is 11.8 Å². The Morgan fingerprint density at radius 2 is 1.68 bits per heavy atom. The number of amides is 1. The zero-order valence-electron chi connectivity index (χ0n) is 27.9. The normalized spacial score (nSPS) is 22.5. The third-order valence-electron chi connectivity index (χ3n) is 8.90. The maximum absolute atomic E-state index is 13.8. The van der Waals surface area contributed by atoms with Crippen LogP contribution in [0.4, 0.5) is 0 Å². The molecule has 0 bridgehead atoms. The largest absolute Gasteiger partial charge is 0.488 e. The number of likely N-dealkylation sites (tertiary alicyclic amines) is 1. The molecule has 2 fully saturated rings. The third kappa shape index (κ3) is 9.82. The van der Waals surface area contributed by atoms with Gasteiger partial charge in [-0.25, -0.2) is 0 Å². The quantitative estimate of drug-likeness (QED) is 0.256. The van der Waals surface area contributed by atoms with Crippen LogP contribution in [0.15, 0.2) is 53.4 Å². The molecule has 1 amide bonds. The number of carbonyl (C=O) groups is 2. The summed E-state index contributed by atoms with van der Waals surface area (Å²) in [5, 5.41) is 15.0. The molecule has 44 heavy (non-hydrogen) atoms. The van der Waals surface area contributed by atoms with Crippen LogP contribution in [0.3, 0.4) is 0 Å². The third-order valence-corrected chi connectivity index (χ3v) is 10.0. The predicted octanol–water partition coefficient (Wildman–Crippen LogP) is 7.31. The average molecular weight is 623 g/mol. The monoisotopic (exact) mass is 622 g/mol. The summed E-state index contributed by atoms with van der Waals surface area (Å²) in [7, 11) is 0. The number of aliphatic hydroxyl groups excluding tert-OH is 1. The van der Waals surface area contributed by atoms with Gasteiger partial charge in [-0.15, -0.1) is 11.8 Å². The molecular formula is C37H54N2O4S. The highest BCUT2D eigenvalue weighted by Gasteiger charge is 2.41. The Hall–Kier alpha value is -2.35. The van der Waals surface area contributed by atoms with Gasteiger partial charge in [0.1, 0.15) is 17.1 Å². The van der Waals surface area contributed by atoms with E-state index >= 15 is 0 Å². The molecule has 4 rings (SSSR count). The summed E-state index contributed by atoms with van der Waals surface area (Å²) in [6.45, 7) is 15.4. The van der Waals surface area contributed by atoms with E-state index in [2.05, 4.69) is 31.0 Å². The van der Waals surface area contributed by atoms with Gasteiger partial charge in [0, 0.05) is 41.3 Å². The lowest BCUT2D eigenvalue weighted by Gasteiger charge is -2.47. The minimum absolute atomic E-state index is 0.0866. The lowest BCUT2D eigenvalue weighted by molar-refractivity contribution is -0.130. The van der Waals surface area contributed by atoms with Gasteiger partial charge in [0.15, 0.2) is 0 Å². The Labute approximate surface area is 269 Å². The molecular weight excluding hydrogens is 568 g/mol. The minimum atomic E-state index is -0.838. The summed E-state index contributed by atoms with van der Waals surface area (Å²) in [5.74, 6) is 2.38. The van der Waals surface area contributed by atoms with E-state index in [0.29, 0.717) is 41.9 Å². The summed E-state index contributed by atoms with van der Waals surface area (Å²) in [5.41, 5.74) is 0.833. The lowest BCUT2D eigenvalue weighted by Crippen LogP contribution is -2.57. The van der Waals surface area contributed by atoms with E-state index < -0.39 is 17.7 Å². The van der Waals surface area contributed by atoms with Crippen molar-refractivity contribution in [3.8, 4) is 5.75 Å². The van der Waals surface area contributed by atoms with Crippen LogP contribution >= 0.6 is 11.8 Å². The molecule has 1 aliphatic heterocycles. The van der Waals surface area contributed by atoms with Crippen molar-refractivity contribution in [1.82, 2.24) is 10.2 Å². The summed E-state index contributed by atoms with van der Waals surface area (Å²) >= 11 is 1.62. The van der Waals surface area contributed by atoms with Crippen LogP contribution in [0, 0.1) is 24.2 Å². The second kappa shape index (κ2) is 14.8. The van der Waals surface area contributed by atoms with E-state index in [1.165, 1.54) is 25.7 Å². The SMILES string of the molecule is Cc1c(OC(C)(C)C)cccc1C(=O)N[C@@H](CSc1ccccc1)[C@H](O)CN1C[C@H]2CCCC[C@H]2C[C@H]1C(=O)CC(C)(C)C. The number of carbonyl (C=O) groups excluding carboxylic acids is 2. The molecule has 0 radical (unpaired) electrons. The number of β-amino-alcohol motifs (C(OH)–C–C–N with tert-alkyl or cyclic N) is 1. The van der Waals surface area contributed by atoms with Crippen molar-refractivity contribution in [3.63, 3.8) is 0 Å². The smallest absolute Gasteiger partial charge is 0.252 e. The van der Waals surface area contributed by atoms with Crippen molar-refractivity contribution in [2.45, 2.75) is 116 Å². The number of benzene rings is 2. The highest BCUT2D eigenvalue weighted by Crippen LogP contribution is 2.40. The molecule has 242 valence electrons. The van der Waals surface area contributed by atoms with E-state index in [-0.39, 0.29) is 23.1 Å². The topological polar surface area (TPSA) is 78.9 Å². The van der Waals surface area contributed by atoms with E-state index in [9.17, 15) is 14.7 Å². The number of piperidine rings is 1. The van der Waals surface area contributed by atoms with Gasteiger partial charge >= 0.3 is 0 Å². The first-order valence-corrected chi connectivity index (χ1v) is 17.4. The predicted molar refractivity (Wildman–Crippen MR) is 180 cm³/mol. The molecule has 2 aromatic carbocycles. The molecule has 0 spiro atoms. The van der Waals surface area contributed by atoms with Crippen molar-refractivity contribution >= 4 is 23.5 Å². The maximum Gasteiger partial charge on any atom is 0.252 e. The Morgan fingerprint density at radius 3 is 2.34 bits per heavy atom. The Morgan fingerprint density at radius 1 is 1.00 bits per heavy atom. The maximum atomic E-state index is 13.8. The molecule has 1 heterocycles. The number of nitrogens with zero attached hydrogens (tertiary/aromatic N) is 1. The fraction of sp³-hybridized carbons (Fsp3) is 0.622. The summed E-state index contributed by atoms with van der Waals surface area (Å²) in [4.78, 5) is 30.8. The zero-order valence-corrected chi connectivity index (χ0v) is 28.7. The van der Waals surface area contributed by atoms with Gasteiger partial charge in [0.2, 0.25) is 0 Å². The Balaban J connectivity index is 1.55. The number of ether oxygens (including phenoxy) is 1. The molecule has 2 aliphatic rings. The molecule has 5 atom stereocenters. The van der Waals surface area contributed by atoms with Crippen molar-refractivity contribution in [3.05, 3.63) is 59.7 Å². The number of ketones is 1. The molecule has 0 aromatic heterocycles. The van der Waals surface area contributed by atoms with Crippen molar-refractivity contribution in [2.75, 3.05) is 18.8 Å². The number of nitrogens with one attached hydrogen (secondary N) is 1. The first-order valence-electron chi connectivity index (χ1n) is 16.4. The second-order valence-corrected chi connectivity index (χ2v) is 16.2. The fourth-order valence-electron chi connectivity index (χ4n) is 6.74. The highest BCUT2D eigenvalue weighted by molar-refractivity contribution is 7.99. The molecule has 1 saturated heterocycles. The first kappa shape index (κ1) is 34.5. The van der Waals surface area contributed by atoms with Gasteiger partial charge in [-0.1, -0.05) is 64.3 Å². The Bertz CT molecular complexity index is 1250. The van der Waals surface area contributed by atoms with Crippen LogP contribution in [0.5, 0.6) is 5.75 Å². The van der Waals surface area contributed by atoms with E-state index in [0.717, 1.165) is 23.4 Å². The van der Waals surface area contributed by atoms with Gasteiger partial charge in [0.05, 0.1) is 18.2 Å². The standard InChI is InChI=1S/C37H54N2O4S/c1-25-29(18-13-19-34(25)43-37(5,6)7)35(42)38-30(24-44-28-16-9-8-10-17-28)33(41)23-39-22-27-15-12-11-14-26(27)20-31(39)32(40)21-36(2,3)4/h8-10,13,16-19,26-27,30-31,33,41H,11-12,14-15,20-24H2,1-7H3,(H,38,42)/t26-,27+,30-,31-,33+/m0/s1. The van der Waals surface area contributed by atoms with Crippen molar-refractivity contribution < 1.29 is 19.4 Å². The summed E-state index contributed by atoms with van der Waals surface area (Å²) < 4.78 is 6.12. The molecule has 0 unspecified atom stereocenters. The molecule has 2 N–H and O–H groups in total. The van der Waals surface area contributed by atoms with E-state index in [1.807, 2.05) is 76.2 Å². The van der Waals surface area contributed by atoms with Gasteiger partial charge in [-0.2, -0.15) is 0 Å². The van der Waals surface area contributed by atoms with Crippen LogP contribution in [0.1, 0.15) is 96.0 Å². The minimum Gasteiger partial charge on any atom is -0.488 e. The van der Waals surface area contributed by atoms with Gasteiger partial charge in [-0.05, 0) is 82.1 Å². The van der Waals surface area contributed by atoms with Gasteiger partial charge in [0.25, 0.3) is 5.91 Å². The van der Waals surface area contributed by atoms with Crippen LogP contribution < -0.4 is 10.1 Å². The van der Waals surface area contributed by atoms with Crippen LogP contribution in [0.2, 0.25) is 0 Å².